The minimum absolute atomic E-state index is 0.0193. The molecule has 10 heteroatoms. The molecule has 0 radical (unpaired) electrons. The van der Waals surface area contributed by atoms with Crippen molar-refractivity contribution < 1.29 is 13.2 Å². The van der Waals surface area contributed by atoms with Crippen molar-refractivity contribution >= 4 is 33.4 Å². The molecule has 3 aromatic carbocycles. The minimum atomic E-state index is -3.79. The largest absolute Gasteiger partial charge is 0.325 e. The van der Waals surface area contributed by atoms with Gasteiger partial charge in [0.25, 0.3) is 0 Å². The van der Waals surface area contributed by atoms with Crippen molar-refractivity contribution in [2.75, 3.05) is 11.1 Å². The Labute approximate surface area is 221 Å². The summed E-state index contributed by atoms with van der Waals surface area (Å²) in [6.07, 6.45) is 0. The summed E-state index contributed by atoms with van der Waals surface area (Å²) in [5.41, 5.74) is 4.68. The molecule has 4 rings (SSSR count). The topological polar surface area (TPSA) is 120 Å². The summed E-state index contributed by atoms with van der Waals surface area (Å²) in [6.45, 7) is 8.54. The van der Waals surface area contributed by atoms with Crippen LogP contribution in [0.1, 0.15) is 31.9 Å². The molecule has 0 spiro atoms. The number of carbonyl (C=O) groups is 1. The van der Waals surface area contributed by atoms with E-state index in [9.17, 15) is 13.2 Å². The van der Waals surface area contributed by atoms with E-state index in [0.717, 1.165) is 16.8 Å². The van der Waals surface area contributed by atoms with Gasteiger partial charge in [-0.05, 0) is 54.3 Å². The molecule has 1 aromatic heterocycles. The third kappa shape index (κ3) is 6.46. The van der Waals surface area contributed by atoms with Crippen LogP contribution in [0.2, 0.25) is 0 Å². The van der Waals surface area contributed by atoms with Crippen LogP contribution in [0, 0.1) is 6.92 Å². The van der Waals surface area contributed by atoms with Crippen LogP contribution in [0.5, 0.6) is 0 Å². The molecule has 8 nitrogen and oxygen atoms in total. The first-order valence-corrected chi connectivity index (χ1v) is 14.1. The van der Waals surface area contributed by atoms with E-state index in [2.05, 4.69) is 48.4 Å². The summed E-state index contributed by atoms with van der Waals surface area (Å²) in [7, 11) is -3.79. The first kappa shape index (κ1) is 26.6. The zero-order chi connectivity index (χ0) is 26.8. The van der Waals surface area contributed by atoms with Crippen LogP contribution in [0.4, 0.5) is 5.69 Å². The number of hydrogen-bond donors (Lipinski definition) is 2. The summed E-state index contributed by atoms with van der Waals surface area (Å²) in [5, 5.41) is 17.3. The van der Waals surface area contributed by atoms with E-state index in [1.165, 1.54) is 41.6 Å². The fourth-order valence-corrected chi connectivity index (χ4v) is 4.92. The summed E-state index contributed by atoms with van der Waals surface area (Å²) in [4.78, 5) is 12.6. The number of sulfonamides is 1. The number of amides is 1. The fraction of sp³-hybridized carbons (Fsp3) is 0.222. The van der Waals surface area contributed by atoms with Crippen molar-refractivity contribution in [3.63, 3.8) is 0 Å². The second-order valence-electron chi connectivity index (χ2n) is 9.71. The van der Waals surface area contributed by atoms with Crippen LogP contribution in [0.25, 0.3) is 17.1 Å². The third-order valence-corrected chi connectivity index (χ3v) is 7.59. The number of hydrogen-bond acceptors (Lipinski definition) is 6. The molecule has 0 aliphatic carbocycles. The van der Waals surface area contributed by atoms with Gasteiger partial charge >= 0.3 is 0 Å². The molecule has 1 amide bonds. The Bertz CT molecular complexity index is 1500. The minimum Gasteiger partial charge on any atom is -0.325 e. The lowest BCUT2D eigenvalue weighted by Crippen LogP contribution is -2.15. The van der Waals surface area contributed by atoms with Crippen LogP contribution in [0.15, 0.2) is 82.8 Å². The van der Waals surface area contributed by atoms with Gasteiger partial charge in [0.05, 0.1) is 10.6 Å². The van der Waals surface area contributed by atoms with Crippen molar-refractivity contribution in [3.05, 3.63) is 83.9 Å². The van der Waals surface area contributed by atoms with Crippen molar-refractivity contribution in [1.82, 2.24) is 14.8 Å². The van der Waals surface area contributed by atoms with Crippen molar-refractivity contribution in [3.8, 4) is 17.1 Å². The standard InChI is InChI=1S/C27H29N5O3S2/c1-18-5-13-22(14-6-18)32-25(19-7-9-20(10-8-19)27(2,3)4)30-31-26(32)36-17-24(33)29-21-11-15-23(16-12-21)37(28,34)35/h5-16H,17H2,1-4H3,(H,29,33)(H2,28,34,35). The van der Waals surface area contributed by atoms with Gasteiger partial charge in [-0.1, -0.05) is 74.5 Å². The molecule has 0 bridgehead atoms. The van der Waals surface area contributed by atoms with Gasteiger partial charge < -0.3 is 5.32 Å². The van der Waals surface area contributed by atoms with Gasteiger partial charge in [-0.15, -0.1) is 10.2 Å². The molecule has 0 aliphatic heterocycles. The van der Waals surface area contributed by atoms with Crippen molar-refractivity contribution in [2.24, 2.45) is 5.14 Å². The molecule has 4 aromatic rings. The van der Waals surface area contributed by atoms with E-state index >= 15 is 0 Å². The predicted molar refractivity (Wildman–Crippen MR) is 147 cm³/mol. The van der Waals surface area contributed by atoms with E-state index in [0.29, 0.717) is 16.7 Å². The van der Waals surface area contributed by atoms with E-state index in [1.54, 1.807) is 0 Å². The second kappa shape index (κ2) is 10.5. The first-order valence-electron chi connectivity index (χ1n) is 11.6. The van der Waals surface area contributed by atoms with Crippen molar-refractivity contribution in [2.45, 2.75) is 43.2 Å². The number of benzene rings is 3. The lowest BCUT2D eigenvalue weighted by Gasteiger charge is -2.19. The Hall–Kier alpha value is -3.47. The zero-order valence-electron chi connectivity index (χ0n) is 21.1. The van der Waals surface area contributed by atoms with E-state index in [4.69, 9.17) is 5.14 Å². The molecule has 0 atom stereocenters. The molecule has 0 fully saturated rings. The number of primary sulfonamides is 1. The summed E-state index contributed by atoms with van der Waals surface area (Å²) in [6, 6.07) is 22.0. The van der Waals surface area contributed by atoms with Gasteiger partial charge in [0.2, 0.25) is 15.9 Å². The van der Waals surface area contributed by atoms with Gasteiger partial charge in [0, 0.05) is 16.9 Å². The second-order valence-corrected chi connectivity index (χ2v) is 12.2. The summed E-state index contributed by atoms with van der Waals surface area (Å²) >= 11 is 1.27. The molecule has 1 heterocycles. The number of aromatic nitrogens is 3. The van der Waals surface area contributed by atoms with E-state index < -0.39 is 10.0 Å². The van der Waals surface area contributed by atoms with E-state index in [-0.39, 0.29) is 22.0 Å². The molecular weight excluding hydrogens is 506 g/mol. The highest BCUT2D eigenvalue weighted by Gasteiger charge is 2.19. The number of anilines is 1. The van der Waals surface area contributed by atoms with Crippen molar-refractivity contribution in [1.29, 1.82) is 0 Å². The smallest absolute Gasteiger partial charge is 0.238 e. The van der Waals surface area contributed by atoms with Gasteiger partial charge in [-0.25, -0.2) is 13.6 Å². The maximum absolute atomic E-state index is 12.6. The Morgan fingerprint density at radius 2 is 1.57 bits per heavy atom. The molecule has 0 aliphatic rings. The maximum atomic E-state index is 12.6. The van der Waals surface area contributed by atoms with Crippen LogP contribution >= 0.6 is 11.8 Å². The Balaban J connectivity index is 1.57. The number of nitrogens with zero attached hydrogens (tertiary/aromatic N) is 3. The lowest BCUT2D eigenvalue weighted by molar-refractivity contribution is -0.113. The number of nitrogens with one attached hydrogen (secondary N) is 1. The van der Waals surface area contributed by atoms with Gasteiger partial charge in [0.1, 0.15) is 0 Å². The number of thioether (sulfide) groups is 1. The monoisotopic (exact) mass is 535 g/mol. The molecule has 37 heavy (non-hydrogen) atoms. The highest BCUT2D eigenvalue weighted by molar-refractivity contribution is 7.99. The van der Waals surface area contributed by atoms with Crippen LogP contribution < -0.4 is 10.5 Å². The summed E-state index contributed by atoms with van der Waals surface area (Å²) in [5.74, 6) is 0.512. The maximum Gasteiger partial charge on any atom is 0.238 e. The average Bonchev–Trinajstić information content (AvgIpc) is 3.26. The normalized spacial score (nSPS) is 11.9. The average molecular weight is 536 g/mol. The molecule has 192 valence electrons. The fourth-order valence-electron chi connectivity index (χ4n) is 3.65. The Morgan fingerprint density at radius 3 is 2.14 bits per heavy atom. The first-order chi connectivity index (χ1) is 17.4. The quantitative estimate of drug-likeness (QED) is 0.324. The van der Waals surface area contributed by atoms with Gasteiger partial charge in [0.15, 0.2) is 11.0 Å². The zero-order valence-corrected chi connectivity index (χ0v) is 22.7. The number of aryl methyl sites for hydroxylation is 1. The summed E-state index contributed by atoms with van der Waals surface area (Å²) < 4.78 is 24.8. The highest BCUT2D eigenvalue weighted by atomic mass is 32.2. The van der Waals surface area contributed by atoms with Crippen LogP contribution in [-0.4, -0.2) is 34.8 Å². The SMILES string of the molecule is Cc1ccc(-n2c(SCC(=O)Nc3ccc(S(N)(=O)=O)cc3)nnc2-c2ccc(C(C)(C)C)cc2)cc1. The van der Waals surface area contributed by atoms with Crippen LogP contribution in [-0.2, 0) is 20.2 Å². The molecule has 3 N–H and O–H groups in total. The lowest BCUT2D eigenvalue weighted by atomic mass is 9.87. The molecule has 0 unspecified atom stereocenters. The van der Waals surface area contributed by atoms with Gasteiger partial charge in [-0.2, -0.15) is 0 Å². The number of rotatable bonds is 7. The molecule has 0 saturated heterocycles. The van der Waals surface area contributed by atoms with Crippen LogP contribution in [0.3, 0.4) is 0 Å². The molecular formula is C27H29N5O3S2. The number of nitrogens with two attached hydrogens (primary N) is 1. The number of carbonyl (C=O) groups excluding carboxylic acids is 1. The Kier molecular flexibility index (Phi) is 7.54. The molecule has 0 saturated carbocycles. The highest BCUT2D eigenvalue weighted by Crippen LogP contribution is 2.30. The third-order valence-electron chi connectivity index (χ3n) is 5.73. The predicted octanol–water partition coefficient (Wildman–Crippen LogP) is 4.92. The Morgan fingerprint density at radius 1 is 0.946 bits per heavy atom. The van der Waals surface area contributed by atoms with E-state index in [1.807, 2.05) is 47.9 Å². The van der Waals surface area contributed by atoms with Gasteiger partial charge in [-0.3, -0.25) is 9.36 Å².